The van der Waals surface area contributed by atoms with Gasteiger partial charge in [-0.2, -0.15) is 5.26 Å². The zero-order valence-corrected chi connectivity index (χ0v) is 12.1. The highest BCUT2D eigenvalue weighted by atomic mass is 32.2. The molecular weight excluding hydrogens is 291 g/mol. The zero-order valence-electron chi connectivity index (χ0n) is 11.3. The molecule has 0 saturated heterocycles. The van der Waals surface area contributed by atoms with Crippen molar-refractivity contribution in [3.8, 4) is 11.8 Å². The minimum atomic E-state index is -1.46. The number of anilines is 1. The van der Waals surface area contributed by atoms with Crippen LogP contribution in [0, 0.1) is 17.1 Å². The number of benzene rings is 2. The standard InChI is InChI=1S/C15H13FN2O2S/c1-20-13-2-3-14(18)15(7-13)21(19)9-11-4-10(8-17)5-12(16)6-11/h2-7H,9,18H2,1H3. The van der Waals surface area contributed by atoms with Gasteiger partial charge in [0.1, 0.15) is 11.6 Å². The molecule has 0 aliphatic rings. The van der Waals surface area contributed by atoms with Gasteiger partial charge in [-0.3, -0.25) is 4.21 Å². The number of rotatable bonds is 4. The molecule has 1 atom stereocenters. The number of nitrogens with two attached hydrogens (primary N) is 1. The summed E-state index contributed by atoms with van der Waals surface area (Å²) in [5.41, 5.74) is 6.86. The van der Waals surface area contributed by atoms with E-state index in [1.165, 1.54) is 19.2 Å². The van der Waals surface area contributed by atoms with Crippen molar-refractivity contribution in [3.05, 3.63) is 53.3 Å². The summed E-state index contributed by atoms with van der Waals surface area (Å²) < 4.78 is 30.8. The van der Waals surface area contributed by atoms with E-state index < -0.39 is 16.6 Å². The van der Waals surface area contributed by atoms with Crippen molar-refractivity contribution in [2.24, 2.45) is 0 Å². The molecule has 2 N–H and O–H groups in total. The Balaban J connectivity index is 2.30. The maximum Gasteiger partial charge on any atom is 0.124 e. The molecule has 0 fully saturated rings. The van der Waals surface area contributed by atoms with Crippen molar-refractivity contribution >= 4 is 16.5 Å². The highest BCUT2D eigenvalue weighted by Crippen LogP contribution is 2.24. The molecule has 1 unspecified atom stereocenters. The fraction of sp³-hybridized carbons (Fsp3) is 0.133. The van der Waals surface area contributed by atoms with Gasteiger partial charge in [0, 0.05) is 5.69 Å². The lowest BCUT2D eigenvalue weighted by molar-refractivity contribution is 0.413. The molecule has 4 nitrogen and oxygen atoms in total. The lowest BCUT2D eigenvalue weighted by atomic mass is 10.1. The summed E-state index contributed by atoms with van der Waals surface area (Å²) in [5.74, 6) is 0.0910. The molecule has 0 aliphatic carbocycles. The summed E-state index contributed by atoms with van der Waals surface area (Å²) in [5, 5.41) is 8.82. The van der Waals surface area contributed by atoms with Crippen molar-refractivity contribution in [1.82, 2.24) is 0 Å². The molecule has 2 aromatic rings. The molecular formula is C15H13FN2O2S. The molecule has 0 spiro atoms. The van der Waals surface area contributed by atoms with Crippen molar-refractivity contribution < 1.29 is 13.3 Å². The normalized spacial score (nSPS) is 11.7. The highest BCUT2D eigenvalue weighted by Gasteiger charge is 2.12. The third-order valence-corrected chi connectivity index (χ3v) is 4.29. The first-order chi connectivity index (χ1) is 10.0. The fourth-order valence-electron chi connectivity index (χ4n) is 1.87. The van der Waals surface area contributed by atoms with Gasteiger partial charge in [0.2, 0.25) is 0 Å². The number of nitrogen functional groups attached to an aromatic ring is 1. The predicted molar refractivity (Wildman–Crippen MR) is 78.6 cm³/mol. The van der Waals surface area contributed by atoms with Crippen LogP contribution in [-0.2, 0) is 16.6 Å². The first kappa shape index (κ1) is 15.0. The van der Waals surface area contributed by atoms with Crippen LogP contribution in [0.2, 0.25) is 0 Å². The molecule has 0 saturated carbocycles. The Morgan fingerprint density at radius 2 is 2.10 bits per heavy atom. The Morgan fingerprint density at radius 3 is 2.76 bits per heavy atom. The SMILES string of the molecule is COc1ccc(N)c(S(=O)Cc2cc(F)cc(C#N)c2)c1. The third kappa shape index (κ3) is 3.58. The summed E-state index contributed by atoms with van der Waals surface area (Å²) >= 11 is 0. The van der Waals surface area contributed by atoms with Gasteiger partial charge in [0.15, 0.2) is 0 Å². The maximum absolute atomic E-state index is 13.4. The van der Waals surface area contributed by atoms with Gasteiger partial charge in [-0.15, -0.1) is 0 Å². The molecule has 0 radical (unpaired) electrons. The summed E-state index contributed by atoms with van der Waals surface area (Å²) in [6, 6.07) is 10.6. The van der Waals surface area contributed by atoms with E-state index in [9.17, 15) is 8.60 Å². The van der Waals surface area contributed by atoms with E-state index in [0.717, 1.165) is 6.07 Å². The Hall–Kier alpha value is -2.39. The van der Waals surface area contributed by atoms with Crippen molar-refractivity contribution in [2.75, 3.05) is 12.8 Å². The number of hydrogen-bond acceptors (Lipinski definition) is 4. The van der Waals surface area contributed by atoms with Gasteiger partial charge in [0.05, 0.1) is 40.2 Å². The summed E-state index contributed by atoms with van der Waals surface area (Å²) in [6.45, 7) is 0. The maximum atomic E-state index is 13.4. The Labute approximate surface area is 124 Å². The smallest absolute Gasteiger partial charge is 0.124 e. The molecule has 2 aromatic carbocycles. The van der Waals surface area contributed by atoms with Gasteiger partial charge in [-0.05, 0) is 42.0 Å². The summed E-state index contributed by atoms with van der Waals surface area (Å²) in [6.07, 6.45) is 0. The molecule has 0 aromatic heterocycles. The van der Waals surface area contributed by atoms with E-state index in [2.05, 4.69) is 0 Å². The minimum absolute atomic E-state index is 0.0732. The number of hydrogen-bond donors (Lipinski definition) is 1. The number of halogens is 1. The first-order valence-corrected chi connectivity index (χ1v) is 7.37. The first-order valence-electron chi connectivity index (χ1n) is 6.05. The number of ether oxygens (including phenoxy) is 1. The average Bonchev–Trinajstić information content (AvgIpc) is 2.46. The number of nitriles is 1. The summed E-state index contributed by atoms with van der Waals surface area (Å²) in [7, 11) is 0.0465. The van der Waals surface area contributed by atoms with E-state index >= 15 is 0 Å². The van der Waals surface area contributed by atoms with E-state index in [0.29, 0.717) is 21.9 Å². The van der Waals surface area contributed by atoms with Crippen LogP contribution in [0.4, 0.5) is 10.1 Å². The van der Waals surface area contributed by atoms with Crippen LogP contribution in [0.3, 0.4) is 0 Å². The Bertz CT molecular complexity index is 741. The highest BCUT2D eigenvalue weighted by molar-refractivity contribution is 7.84. The van der Waals surface area contributed by atoms with E-state index in [1.807, 2.05) is 6.07 Å². The Morgan fingerprint density at radius 1 is 1.33 bits per heavy atom. The average molecular weight is 304 g/mol. The molecule has 2 rings (SSSR count). The topological polar surface area (TPSA) is 76.1 Å². The lowest BCUT2D eigenvalue weighted by Crippen LogP contribution is -2.02. The molecule has 0 amide bonds. The quantitative estimate of drug-likeness (QED) is 0.881. The number of nitrogens with zero attached hydrogens (tertiary/aromatic N) is 1. The van der Waals surface area contributed by atoms with Gasteiger partial charge >= 0.3 is 0 Å². The van der Waals surface area contributed by atoms with Crippen molar-refractivity contribution in [1.29, 1.82) is 5.26 Å². The van der Waals surface area contributed by atoms with Crippen LogP contribution in [0.15, 0.2) is 41.3 Å². The van der Waals surface area contributed by atoms with E-state index in [-0.39, 0.29) is 11.3 Å². The molecule has 108 valence electrons. The Kier molecular flexibility index (Phi) is 4.55. The summed E-state index contributed by atoms with van der Waals surface area (Å²) in [4.78, 5) is 0.428. The van der Waals surface area contributed by atoms with Crippen molar-refractivity contribution in [3.63, 3.8) is 0 Å². The molecule has 0 aliphatic heterocycles. The number of methoxy groups -OCH3 is 1. The molecule has 0 heterocycles. The van der Waals surface area contributed by atoms with E-state index in [4.69, 9.17) is 15.7 Å². The molecule has 0 bridgehead atoms. The largest absolute Gasteiger partial charge is 0.497 e. The second-order valence-electron chi connectivity index (χ2n) is 4.35. The van der Waals surface area contributed by atoms with Crippen LogP contribution in [0.25, 0.3) is 0 Å². The van der Waals surface area contributed by atoms with E-state index in [1.54, 1.807) is 18.2 Å². The molecule has 6 heteroatoms. The van der Waals surface area contributed by atoms with Crippen LogP contribution < -0.4 is 10.5 Å². The van der Waals surface area contributed by atoms with Gasteiger partial charge in [0.25, 0.3) is 0 Å². The van der Waals surface area contributed by atoms with Crippen molar-refractivity contribution in [2.45, 2.75) is 10.6 Å². The minimum Gasteiger partial charge on any atom is -0.497 e. The predicted octanol–water partition coefficient (Wildman–Crippen LogP) is 2.60. The second kappa shape index (κ2) is 6.37. The zero-order chi connectivity index (χ0) is 15.4. The van der Waals surface area contributed by atoms with Crippen LogP contribution in [0.1, 0.15) is 11.1 Å². The second-order valence-corrected chi connectivity index (χ2v) is 5.77. The third-order valence-electron chi connectivity index (χ3n) is 2.85. The fourth-order valence-corrected chi connectivity index (χ4v) is 3.07. The van der Waals surface area contributed by atoms with Crippen LogP contribution >= 0.6 is 0 Å². The van der Waals surface area contributed by atoms with Crippen LogP contribution in [-0.4, -0.2) is 11.3 Å². The van der Waals surface area contributed by atoms with Gasteiger partial charge < -0.3 is 10.5 Å². The lowest BCUT2D eigenvalue weighted by Gasteiger charge is -2.08. The van der Waals surface area contributed by atoms with Gasteiger partial charge in [-0.25, -0.2) is 4.39 Å². The van der Waals surface area contributed by atoms with Crippen LogP contribution in [0.5, 0.6) is 5.75 Å². The molecule has 21 heavy (non-hydrogen) atoms. The van der Waals surface area contributed by atoms with Gasteiger partial charge in [-0.1, -0.05) is 0 Å². The monoisotopic (exact) mass is 304 g/mol.